The number of thiophene rings is 1. The molecular formula is C18H22F2N2O2S. The fraction of sp³-hybridized carbons (Fsp3) is 0.667. The van der Waals surface area contributed by atoms with E-state index in [0.29, 0.717) is 25.1 Å². The van der Waals surface area contributed by atoms with Crippen molar-refractivity contribution in [3.8, 4) is 0 Å². The average molecular weight is 368 g/mol. The summed E-state index contributed by atoms with van der Waals surface area (Å²) in [5.41, 5.74) is 0.449. The van der Waals surface area contributed by atoms with Crippen LogP contribution >= 0.6 is 11.3 Å². The summed E-state index contributed by atoms with van der Waals surface area (Å²) >= 11 is 1.49. The lowest BCUT2D eigenvalue weighted by Crippen LogP contribution is -2.57. The monoisotopic (exact) mass is 368 g/mol. The Morgan fingerprint density at radius 3 is 2.72 bits per heavy atom. The van der Waals surface area contributed by atoms with E-state index in [9.17, 15) is 18.4 Å². The third-order valence-corrected chi connectivity index (χ3v) is 6.94. The first-order chi connectivity index (χ1) is 11.9. The maximum atomic E-state index is 13.5. The van der Waals surface area contributed by atoms with E-state index in [-0.39, 0.29) is 29.6 Å². The van der Waals surface area contributed by atoms with Gasteiger partial charge in [-0.15, -0.1) is 0 Å². The summed E-state index contributed by atoms with van der Waals surface area (Å²) in [6.07, 6.45) is 3.52. The fourth-order valence-electron chi connectivity index (χ4n) is 4.63. The zero-order valence-corrected chi connectivity index (χ0v) is 14.8. The molecular weight excluding hydrogens is 346 g/mol. The molecule has 0 bridgehead atoms. The fourth-order valence-corrected chi connectivity index (χ4v) is 5.26. The number of rotatable bonds is 3. The predicted molar refractivity (Wildman–Crippen MR) is 90.7 cm³/mol. The number of likely N-dealkylation sites (tertiary alicyclic amines) is 1. The molecule has 0 radical (unpaired) electrons. The van der Waals surface area contributed by atoms with Gasteiger partial charge in [-0.2, -0.15) is 11.3 Å². The highest BCUT2D eigenvalue weighted by molar-refractivity contribution is 7.08. The normalized spacial score (nSPS) is 33.4. The van der Waals surface area contributed by atoms with Crippen LogP contribution in [0.2, 0.25) is 0 Å². The van der Waals surface area contributed by atoms with Crippen molar-refractivity contribution in [3.63, 3.8) is 0 Å². The molecule has 25 heavy (non-hydrogen) atoms. The molecule has 4 rings (SSSR count). The molecule has 2 heterocycles. The molecule has 2 aliphatic carbocycles. The highest BCUT2D eigenvalue weighted by atomic mass is 32.1. The lowest BCUT2D eigenvalue weighted by molar-refractivity contribution is -0.142. The van der Waals surface area contributed by atoms with E-state index in [0.717, 1.165) is 25.7 Å². The van der Waals surface area contributed by atoms with Crippen molar-refractivity contribution in [1.29, 1.82) is 0 Å². The SMILES string of the molecule is O=C(N[C@@H]1CCC1(F)F)[C@@H]1CCC[C@]12CCN(C(=O)c1ccsc1)C2. The first-order valence-electron chi connectivity index (χ1n) is 8.91. The van der Waals surface area contributed by atoms with Crippen molar-refractivity contribution in [2.45, 2.75) is 50.5 Å². The number of hydrogen-bond donors (Lipinski definition) is 1. The van der Waals surface area contributed by atoms with E-state index in [1.165, 1.54) is 11.3 Å². The van der Waals surface area contributed by atoms with Crippen molar-refractivity contribution < 1.29 is 18.4 Å². The van der Waals surface area contributed by atoms with E-state index in [4.69, 9.17) is 0 Å². The maximum absolute atomic E-state index is 13.5. The van der Waals surface area contributed by atoms with Gasteiger partial charge in [-0.05, 0) is 37.1 Å². The molecule has 136 valence electrons. The van der Waals surface area contributed by atoms with Gasteiger partial charge in [-0.1, -0.05) is 6.42 Å². The van der Waals surface area contributed by atoms with Crippen molar-refractivity contribution in [1.82, 2.24) is 10.2 Å². The molecule has 1 N–H and O–H groups in total. The topological polar surface area (TPSA) is 49.4 Å². The number of hydrogen-bond acceptors (Lipinski definition) is 3. The molecule has 7 heteroatoms. The summed E-state index contributed by atoms with van der Waals surface area (Å²) in [6, 6.07) is 0.804. The van der Waals surface area contributed by atoms with Gasteiger partial charge in [-0.25, -0.2) is 8.78 Å². The number of alkyl halides is 2. The molecule has 0 unspecified atom stereocenters. The second-order valence-corrected chi connectivity index (χ2v) is 8.44. The summed E-state index contributed by atoms with van der Waals surface area (Å²) in [5.74, 6) is -3.26. The van der Waals surface area contributed by atoms with Gasteiger partial charge in [0, 0.05) is 36.2 Å². The van der Waals surface area contributed by atoms with E-state index >= 15 is 0 Å². The van der Waals surface area contributed by atoms with Crippen LogP contribution in [0.4, 0.5) is 8.78 Å². The minimum absolute atomic E-state index is 0.00899. The second-order valence-electron chi connectivity index (χ2n) is 7.66. The van der Waals surface area contributed by atoms with Gasteiger partial charge in [0.15, 0.2) is 0 Å². The van der Waals surface area contributed by atoms with Gasteiger partial charge in [0.2, 0.25) is 5.91 Å². The summed E-state index contributed by atoms with van der Waals surface area (Å²) in [4.78, 5) is 27.1. The number of nitrogens with zero attached hydrogens (tertiary/aromatic N) is 1. The van der Waals surface area contributed by atoms with Crippen LogP contribution in [0.3, 0.4) is 0 Å². The van der Waals surface area contributed by atoms with Crippen LogP contribution in [-0.2, 0) is 4.79 Å². The molecule has 1 aromatic heterocycles. The third kappa shape index (κ3) is 2.86. The van der Waals surface area contributed by atoms with E-state index in [1.807, 2.05) is 21.7 Å². The van der Waals surface area contributed by atoms with Gasteiger partial charge in [-0.3, -0.25) is 9.59 Å². The zero-order chi connectivity index (χ0) is 17.7. The van der Waals surface area contributed by atoms with Crippen LogP contribution in [0, 0.1) is 11.3 Å². The van der Waals surface area contributed by atoms with E-state index in [1.54, 1.807) is 0 Å². The average Bonchev–Trinajstić information content (AvgIpc) is 3.33. The summed E-state index contributed by atoms with van der Waals surface area (Å²) in [7, 11) is 0. The van der Waals surface area contributed by atoms with Crippen LogP contribution < -0.4 is 5.32 Å². The van der Waals surface area contributed by atoms with Gasteiger partial charge in [0.1, 0.15) is 0 Å². The molecule has 3 fully saturated rings. The highest BCUT2D eigenvalue weighted by Gasteiger charge is 2.54. The summed E-state index contributed by atoms with van der Waals surface area (Å²) in [6.45, 7) is 1.19. The number of carbonyl (C=O) groups excluding carboxylic acids is 2. The first kappa shape index (κ1) is 16.9. The molecule has 0 aromatic carbocycles. The quantitative estimate of drug-likeness (QED) is 0.890. The van der Waals surface area contributed by atoms with Crippen LogP contribution in [0.15, 0.2) is 16.8 Å². The minimum Gasteiger partial charge on any atom is -0.347 e. The largest absolute Gasteiger partial charge is 0.347 e. The van der Waals surface area contributed by atoms with Gasteiger partial charge >= 0.3 is 0 Å². The number of amides is 2. The van der Waals surface area contributed by atoms with Crippen molar-refractivity contribution >= 4 is 23.2 Å². The summed E-state index contributed by atoms with van der Waals surface area (Å²) < 4.78 is 27.0. The number of carbonyl (C=O) groups is 2. The Balaban J connectivity index is 1.44. The van der Waals surface area contributed by atoms with Crippen LogP contribution in [-0.4, -0.2) is 41.8 Å². The molecule has 1 aromatic rings. The lowest BCUT2D eigenvalue weighted by atomic mass is 9.76. The Labute approximate surface area is 149 Å². The first-order valence-corrected chi connectivity index (χ1v) is 9.85. The molecule has 1 saturated heterocycles. The Morgan fingerprint density at radius 1 is 1.24 bits per heavy atom. The number of nitrogens with one attached hydrogen (secondary N) is 1. The van der Waals surface area contributed by atoms with Gasteiger partial charge in [0.25, 0.3) is 11.8 Å². The molecule has 4 nitrogen and oxygen atoms in total. The molecule has 1 spiro atoms. The minimum atomic E-state index is -2.77. The second kappa shape index (κ2) is 6.04. The third-order valence-electron chi connectivity index (χ3n) is 6.26. The molecule has 3 atom stereocenters. The molecule has 3 aliphatic rings. The Kier molecular flexibility index (Phi) is 4.09. The van der Waals surface area contributed by atoms with E-state index in [2.05, 4.69) is 5.32 Å². The Hall–Kier alpha value is -1.50. The number of halogens is 2. The van der Waals surface area contributed by atoms with Crippen molar-refractivity contribution in [3.05, 3.63) is 22.4 Å². The summed E-state index contributed by atoms with van der Waals surface area (Å²) in [5, 5.41) is 6.30. The van der Waals surface area contributed by atoms with Gasteiger partial charge in [0.05, 0.1) is 11.6 Å². The van der Waals surface area contributed by atoms with Crippen molar-refractivity contribution in [2.24, 2.45) is 11.3 Å². The Morgan fingerprint density at radius 2 is 2.08 bits per heavy atom. The smallest absolute Gasteiger partial charge is 0.267 e. The standard InChI is InChI=1S/C18H22F2N2O2S/c19-18(20)6-3-14(18)21-15(23)13-2-1-5-17(13)7-8-22(11-17)16(24)12-4-9-25-10-12/h4,9-10,13-14H,1-3,5-8,11H2,(H,21,23)/t13-,14+,17+/m0/s1. The molecule has 1 aliphatic heterocycles. The van der Waals surface area contributed by atoms with Crippen LogP contribution in [0.5, 0.6) is 0 Å². The van der Waals surface area contributed by atoms with Crippen LogP contribution in [0.25, 0.3) is 0 Å². The Bertz CT molecular complexity index is 679. The predicted octanol–water partition coefficient (Wildman–Crippen LogP) is 3.29. The van der Waals surface area contributed by atoms with Crippen LogP contribution in [0.1, 0.15) is 48.9 Å². The molecule has 2 saturated carbocycles. The highest BCUT2D eigenvalue weighted by Crippen LogP contribution is 2.50. The maximum Gasteiger partial charge on any atom is 0.267 e. The van der Waals surface area contributed by atoms with E-state index < -0.39 is 12.0 Å². The zero-order valence-electron chi connectivity index (χ0n) is 14.0. The lowest BCUT2D eigenvalue weighted by Gasteiger charge is -2.39. The molecule has 2 amide bonds. The van der Waals surface area contributed by atoms with Crippen molar-refractivity contribution in [2.75, 3.05) is 13.1 Å². The van der Waals surface area contributed by atoms with Gasteiger partial charge < -0.3 is 10.2 Å².